The number of carbonyl (C=O) groups is 5. The number of hydrogen-bond donors (Lipinski definition) is 1. The van der Waals surface area contributed by atoms with Gasteiger partial charge in [0.2, 0.25) is 0 Å². The Labute approximate surface area is 233 Å². The number of nitrogens with zero attached hydrogens (tertiary/aromatic N) is 2. The number of non-ortho nitro benzene ring substituents is 1. The van der Waals surface area contributed by atoms with Crippen molar-refractivity contribution in [1.29, 1.82) is 0 Å². The van der Waals surface area contributed by atoms with Crippen molar-refractivity contribution in [3.05, 3.63) is 39.9 Å². The van der Waals surface area contributed by atoms with Crippen LogP contribution in [0.25, 0.3) is 0 Å². The number of rotatable bonds is 13. The third-order valence-electron chi connectivity index (χ3n) is 5.71. The molecular weight excluding hydrogens is 552 g/mol. The highest BCUT2D eigenvalue weighted by molar-refractivity contribution is 6.29. The lowest BCUT2D eigenvalue weighted by molar-refractivity contribution is -0.384. The Morgan fingerprint density at radius 3 is 1.73 bits per heavy atom. The van der Waals surface area contributed by atoms with E-state index in [-0.39, 0.29) is 32.0 Å². The Morgan fingerprint density at radius 2 is 1.34 bits per heavy atom. The molecular formula is C25H30N2O14. The van der Waals surface area contributed by atoms with Crippen LogP contribution in [0.2, 0.25) is 0 Å². The number of carbonyl (C=O) groups excluding carboxylic acids is 5. The van der Waals surface area contributed by atoms with Gasteiger partial charge in [0.25, 0.3) is 17.0 Å². The predicted molar refractivity (Wildman–Crippen MR) is 134 cm³/mol. The van der Waals surface area contributed by atoms with Gasteiger partial charge in [-0.25, -0.2) is 29.0 Å². The first-order valence-electron chi connectivity index (χ1n) is 12.4. The van der Waals surface area contributed by atoms with Crippen molar-refractivity contribution < 1.29 is 62.4 Å². The Morgan fingerprint density at radius 1 is 0.878 bits per heavy atom. The topological polar surface area (TPSA) is 216 Å². The van der Waals surface area contributed by atoms with Crippen LogP contribution >= 0.6 is 0 Å². The molecule has 0 amide bonds. The van der Waals surface area contributed by atoms with Crippen LogP contribution in [-0.2, 0) is 58.1 Å². The lowest BCUT2D eigenvalue weighted by Crippen LogP contribution is -2.60. The summed E-state index contributed by atoms with van der Waals surface area (Å²) in [6.45, 7) is 4.33. The maximum Gasteiger partial charge on any atom is 0.366 e. The zero-order valence-electron chi connectivity index (χ0n) is 23.0. The molecule has 0 aliphatic carbocycles. The Hall–Kier alpha value is -4.44. The predicted octanol–water partition coefficient (Wildman–Crippen LogP) is 0.504. The normalized spacial score (nSPS) is 17.6. The molecule has 0 saturated carbocycles. The van der Waals surface area contributed by atoms with Gasteiger partial charge in [-0.05, 0) is 39.8 Å². The molecule has 2 rings (SSSR count). The molecule has 1 aromatic carbocycles. The van der Waals surface area contributed by atoms with Crippen molar-refractivity contribution in [3.63, 3.8) is 0 Å². The smallest absolute Gasteiger partial charge is 0.366 e. The fraction of sp³-hybridized carbons (Fsp3) is 0.520. The van der Waals surface area contributed by atoms with E-state index in [4.69, 9.17) is 28.4 Å². The molecule has 1 unspecified atom stereocenters. The van der Waals surface area contributed by atoms with E-state index in [0.717, 1.165) is 31.4 Å². The number of aliphatic hydroxyl groups is 1. The van der Waals surface area contributed by atoms with Gasteiger partial charge in [0, 0.05) is 24.1 Å². The molecule has 1 aliphatic rings. The summed E-state index contributed by atoms with van der Waals surface area (Å²) in [4.78, 5) is 80.4. The van der Waals surface area contributed by atoms with Gasteiger partial charge in [0.1, 0.15) is 0 Å². The van der Waals surface area contributed by atoms with E-state index < -0.39 is 69.5 Å². The summed E-state index contributed by atoms with van der Waals surface area (Å²) >= 11 is 0. The maximum absolute atomic E-state index is 13.5. The number of ether oxygens (including phenoxy) is 6. The van der Waals surface area contributed by atoms with Gasteiger partial charge in [-0.2, -0.15) is 0 Å². The van der Waals surface area contributed by atoms with Gasteiger partial charge in [-0.1, -0.05) is 0 Å². The third-order valence-corrected chi connectivity index (χ3v) is 5.71. The molecule has 0 saturated heterocycles. The van der Waals surface area contributed by atoms with Crippen LogP contribution in [0, 0.1) is 10.1 Å². The van der Waals surface area contributed by atoms with E-state index in [1.54, 1.807) is 0 Å². The van der Waals surface area contributed by atoms with Crippen molar-refractivity contribution in [1.82, 2.24) is 0 Å². The van der Waals surface area contributed by atoms with E-state index >= 15 is 0 Å². The molecule has 1 N–H and O–H groups in total. The molecule has 224 valence electrons. The van der Waals surface area contributed by atoms with Crippen molar-refractivity contribution in [2.75, 3.05) is 33.5 Å². The Balaban J connectivity index is 2.97. The van der Waals surface area contributed by atoms with Crippen LogP contribution < -0.4 is 0 Å². The van der Waals surface area contributed by atoms with Gasteiger partial charge >= 0.3 is 35.4 Å². The first-order valence-corrected chi connectivity index (χ1v) is 12.4. The van der Waals surface area contributed by atoms with E-state index in [1.807, 2.05) is 0 Å². The quantitative estimate of drug-likeness (QED) is 0.110. The molecule has 0 aromatic heterocycles. The minimum Gasteiger partial charge on any atom is -0.465 e. The van der Waals surface area contributed by atoms with E-state index in [9.17, 15) is 39.2 Å². The minimum absolute atomic E-state index is 0.265. The fourth-order valence-corrected chi connectivity index (χ4v) is 3.85. The minimum atomic E-state index is -3.19. The molecule has 1 atom stereocenters. The van der Waals surface area contributed by atoms with Gasteiger partial charge in [0.15, 0.2) is 0 Å². The number of benzene rings is 1. The van der Waals surface area contributed by atoms with Gasteiger partial charge in [0.05, 0.1) is 44.2 Å². The summed E-state index contributed by atoms with van der Waals surface area (Å²) in [5, 5.41) is 22.5. The monoisotopic (exact) mass is 582 g/mol. The molecule has 41 heavy (non-hydrogen) atoms. The number of methoxy groups -OCH3 is 1. The van der Waals surface area contributed by atoms with Crippen LogP contribution in [0.15, 0.2) is 29.3 Å². The molecule has 0 spiro atoms. The molecule has 0 radical (unpaired) electrons. The summed E-state index contributed by atoms with van der Waals surface area (Å²) in [7, 11) is 0.927. The summed E-state index contributed by atoms with van der Waals surface area (Å²) in [6, 6.07) is 4.07. The number of esters is 5. The lowest BCUT2D eigenvalue weighted by Gasteiger charge is -2.31. The number of hydrogen-bond acceptors (Lipinski definition) is 15. The molecule has 16 heteroatoms. The van der Waals surface area contributed by atoms with Crippen molar-refractivity contribution >= 4 is 41.2 Å². The molecule has 0 fully saturated rings. The van der Waals surface area contributed by atoms with Crippen molar-refractivity contribution in [3.8, 4) is 0 Å². The highest BCUT2D eigenvalue weighted by Crippen LogP contribution is 2.44. The van der Waals surface area contributed by atoms with Crippen molar-refractivity contribution in [2.24, 2.45) is 4.99 Å². The largest absolute Gasteiger partial charge is 0.465 e. The van der Waals surface area contributed by atoms with E-state index in [0.29, 0.717) is 0 Å². The van der Waals surface area contributed by atoms with Crippen LogP contribution in [0.4, 0.5) is 5.69 Å². The average molecular weight is 583 g/mol. The van der Waals surface area contributed by atoms with E-state index in [2.05, 4.69) is 4.99 Å². The molecule has 1 aromatic rings. The molecule has 1 heterocycles. The Bertz CT molecular complexity index is 1190. The lowest BCUT2D eigenvalue weighted by atomic mass is 9.87. The van der Waals surface area contributed by atoms with Crippen molar-refractivity contribution in [2.45, 2.75) is 51.0 Å². The number of nitro benzene ring substituents is 1. The second kappa shape index (κ2) is 13.3. The standard InChI is InChI=1S/C25H30N2O14/c1-6-37-18(28)23(33,19(29)38-7-2)14-17-24(20(30)39-8-3,21(31)40-9-4)41-25(26-17,22(32)36-5)15-10-12-16(13-11-15)27(34)35/h10-13,33H,6-9,14H2,1-5H3. The zero-order valence-corrected chi connectivity index (χ0v) is 23.0. The maximum atomic E-state index is 13.5. The zero-order chi connectivity index (χ0) is 31.0. The van der Waals surface area contributed by atoms with Gasteiger partial charge in [-0.3, -0.25) is 10.1 Å². The number of aliphatic imine (C=N–C) groups is 1. The highest BCUT2D eigenvalue weighted by atomic mass is 16.7. The Kier molecular flexibility index (Phi) is 10.6. The van der Waals surface area contributed by atoms with Crippen LogP contribution in [0.1, 0.15) is 39.7 Å². The summed E-state index contributed by atoms with van der Waals surface area (Å²) in [5.41, 5.74) is -10.5. The second-order valence-corrected chi connectivity index (χ2v) is 8.20. The summed E-state index contributed by atoms with van der Waals surface area (Å²) in [6.07, 6.45) is -1.27. The highest BCUT2D eigenvalue weighted by Gasteiger charge is 2.69. The molecule has 1 aliphatic heterocycles. The molecule has 0 bridgehead atoms. The first kappa shape index (κ1) is 32.8. The molecule has 16 nitrogen and oxygen atoms in total. The first-order chi connectivity index (χ1) is 19.3. The van der Waals surface area contributed by atoms with E-state index in [1.165, 1.54) is 27.7 Å². The van der Waals surface area contributed by atoms with Crippen LogP contribution in [0.5, 0.6) is 0 Å². The van der Waals surface area contributed by atoms with Crippen LogP contribution in [0.3, 0.4) is 0 Å². The fourth-order valence-electron chi connectivity index (χ4n) is 3.85. The number of nitro groups is 1. The third kappa shape index (κ3) is 6.02. The second-order valence-electron chi connectivity index (χ2n) is 8.20. The van der Waals surface area contributed by atoms with Crippen LogP contribution in [-0.4, -0.2) is 90.3 Å². The SMILES string of the molecule is CCOC(=O)C(O)(CC1=NC(C(=O)OC)(c2ccc([N+](=O)[O-])cc2)OC1(C(=O)OCC)C(=O)OCC)C(=O)OCC. The summed E-state index contributed by atoms with van der Waals surface area (Å²) < 4.78 is 30.4. The summed E-state index contributed by atoms with van der Waals surface area (Å²) in [5.74, 6) is -7.31. The van der Waals surface area contributed by atoms with Gasteiger partial charge < -0.3 is 33.5 Å². The van der Waals surface area contributed by atoms with Gasteiger partial charge in [-0.15, -0.1) is 0 Å². The average Bonchev–Trinajstić information content (AvgIpc) is 3.29.